The van der Waals surface area contributed by atoms with E-state index in [4.69, 9.17) is 9.57 Å². The molecule has 0 saturated carbocycles. The van der Waals surface area contributed by atoms with Crippen molar-refractivity contribution in [2.45, 2.75) is 6.61 Å². The lowest BCUT2D eigenvalue weighted by molar-refractivity contribution is 0.126. The highest BCUT2D eigenvalue weighted by molar-refractivity contribution is 5.82. The minimum Gasteiger partial charge on any atom is -0.496 e. The number of nitrogens with zero attached hydrogens (tertiary/aromatic N) is 1. The fourth-order valence-electron chi connectivity index (χ4n) is 1.64. The molecule has 0 N–H and O–H groups in total. The number of ether oxygens (including phenoxy) is 1. The molecule has 20 heavy (non-hydrogen) atoms. The zero-order valence-electron chi connectivity index (χ0n) is 10.8. The molecule has 0 amide bonds. The average Bonchev–Trinajstić information content (AvgIpc) is 2.46. The predicted octanol–water partition coefficient (Wildman–Crippen LogP) is 3.52. The van der Waals surface area contributed by atoms with Gasteiger partial charge in [-0.2, -0.15) is 0 Å². The first kappa shape index (κ1) is 14.0. The fourth-order valence-corrected chi connectivity index (χ4v) is 1.64. The van der Waals surface area contributed by atoms with Gasteiger partial charge >= 0.3 is 0 Å². The third-order valence-electron chi connectivity index (χ3n) is 2.68. The number of hydrogen-bond donors (Lipinski definition) is 0. The lowest BCUT2D eigenvalue weighted by Gasteiger charge is -2.04. The van der Waals surface area contributed by atoms with Crippen LogP contribution in [0.3, 0.4) is 0 Å². The Kier molecular flexibility index (Phi) is 4.65. The monoisotopic (exact) mass is 277 g/mol. The maximum absolute atomic E-state index is 13.3. The zero-order valence-corrected chi connectivity index (χ0v) is 10.8. The van der Waals surface area contributed by atoms with Gasteiger partial charge in [0.2, 0.25) is 0 Å². The summed E-state index contributed by atoms with van der Waals surface area (Å²) in [6.07, 6.45) is 1.43. The van der Waals surface area contributed by atoms with E-state index in [1.165, 1.54) is 24.4 Å². The van der Waals surface area contributed by atoms with Gasteiger partial charge in [0.25, 0.3) is 0 Å². The number of halogens is 2. The molecule has 2 aromatic carbocycles. The van der Waals surface area contributed by atoms with E-state index < -0.39 is 11.6 Å². The molecule has 0 aliphatic rings. The summed E-state index contributed by atoms with van der Waals surface area (Å²) in [6, 6.07) is 10.9. The molecule has 104 valence electrons. The van der Waals surface area contributed by atoms with E-state index in [1.807, 2.05) is 12.1 Å². The van der Waals surface area contributed by atoms with Crippen molar-refractivity contribution in [2.24, 2.45) is 5.16 Å². The van der Waals surface area contributed by atoms with E-state index in [1.54, 1.807) is 19.2 Å². The highest BCUT2D eigenvalue weighted by Crippen LogP contribution is 2.16. The van der Waals surface area contributed by atoms with Crippen molar-refractivity contribution in [1.82, 2.24) is 0 Å². The molecule has 0 bridgehead atoms. The molecule has 0 heterocycles. The Hall–Kier alpha value is -2.43. The van der Waals surface area contributed by atoms with Crippen LogP contribution < -0.4 is 4.74 Å². The van der Waals surface area contributed by atoms with Crippen LogP contribution in [0, 0.1) is 11.6 Å². The van der Waals surface area contributed by atoms with Crippen molar-refractivity contribution in [3.63, 3.8) is 0 Å². The first-order chi connectivity index (χ1) is 9.72. The Morgan fingerprint density at radius 3 is 2.45 bits per heavy atom. The third kappa shape index (κ3) is 3.32. The topological polar surface area (TPSA) is 30.8 Å². The quantitative estimate of drug-likeness (QED) is 0.618. The second-order valence-electron chi connectivity index (χ2n) is 3.95. The van der Waals surface area contributed by atoms with Crippen molar-refractivity contribution in [2.75, 3.05) is 7.11 Å². The molecule has 0 saturated heterocycles. The van der Waals surface area contributed by atoms with Crippen LogP contribution in [-0.4, -0.2) is 13.3 Å². The first-order valence-electron chi connectivity index (χ1n) is 5.93. The maximum Gasteiger partial charge on any atom is 0.147 e. The van der Waals surface area contributed by atoms with Crippen molar-refractivity contribution in [3.05, 3.63) is 65.2 Å². The first-order valence-corrected chi connectivity index (χ1v) is 5.93. The van der Waals surface area contributed by atoms with Gasteiger partial charge in [-0.25, -0.2) is 8.78 Å². The van der Waals surface area contributed by atoms with Crippen LogP contribution in [-0.2, 0) is 11.4 Å². The van der Waals surface area contributed by atoms with E-state index >= 15 is 0 Å². The lowest BCUT2D eigenvalue weighted by atomic mass is 10.2. The Morgan fingerprint density at radius 2 is 1.75 bits per heavy atom. The highest BCUT2D eigenvalue weighted by atomic mass is 19.1. The molecule has 0 aromatic heterocycles. The summed E-state index contributed by atoms with van der Waals surface area (Å²) in [5.41, 5.74) is 0.564. The van der Waals surface area contributed by atoms with Crippen molar-refractivity contribution < 1.29 is 18.4 Å². The van der Waals surface area contributed by atoms with E-state index in [0.717, 1.165) is 0 Å². The number of oxime groups is 1. The van der Waals surface area contributed by atoms with Gasteiger partial charge in [0, 0.05) is 5.56 Å². The molecule has 0 aliphatic heterocycles. The second kappa shape index (κ2) is 6.65. The van der Waals surface area contributed by atoms with Crippen molar-refractivity contribution in [1.29, 1.82) is 0 Å². The normalized spacial score (nSPS) is 10.8. The van der Waals surface area contributed by atoms with Gasteiger partial charge < -0.3 is 9.57 Å². The van der Waals surface area contributed by atoms with Gasteiger partial charge in [-0.3, -0.25) is 0 Å². The van der Waals surface area contributed by atoms with Gasteiger partial charge in [-0.15, -0.1) is 0 Å². The van der Waals surface area contributed by atoms with Crippen molar-refractivity contribution >= 4 is 6.21 Å². The number of benzene rings is 2. The van der Waals surface area contributed by atoms with Crippen LogP contribution in [0.15, 0.2) is 47.6 Å². The molecule has 0 fully saturated rings. The smallest absolute Gasteiger partial charge is 0.147 e. The van der Waals surface area contributed by atoms with Crippen LogP contribution in [0.5, 0.6) is 5.75 Å². The van der Waals surface area contributed by atoms with Crippen LogP contribution in [0.4, 0.5) is 8.78 Å². The zero-order chi connectivity index (χ0) is 14.4. The molecule has 0 spiro atoms. The van der Waals surface area contributed by atoms with E-state index in [9.17, 15) is 8.78 Å². The molecule has 3 nitrogen and oxygen atoms in total. The molecule has 0 unspecified atom stereocenters. The molecule has 2 rings (SSSR count). The molecule has 5 heteroatoms. The van der Waals surface area contributed by atoms with Gasteiger partial charge in [-0.05, 0) is 24.3 Å². The molecule has 0 radical (unpaired) electrons. The van der Waals surface area contributed by atoms with Gasteiger partial charge in [0.05, 0.1) is 18.9 Å². The maximum atomic E-state index is 13.3. The van der Waals surface area contributed by atoms with Crippen molar-refractivity contribution in [3.8, 4) is 5.75 Å². The number of methoxy groups -OCH3 is 1. The fraction of sp³-hybridized carbons (Fsp3) is 0.133. The summed E-state index contributed by atoms with van der Waals surface area (Å²) in [7, 11) is 1.54. The summed E-state index contributed by atoms with van der Waals surface area (Å²) in [5, 5.41) is 3.69. The third-order valence-corrected chi connectivity index (χ3v) is 2.68. The number of hydrogen-bond acceptors (Lipinski definition) is 3. The molecule has 0 aliphatic carbocycles. The molecule has 0 atom stereocenters. The number of rotatable bonds is 5. The SMILES string of the molecule is COc1ccccc1C=NOCc1c(F)cccc1F. The highest BCUT2D eigenvalue weighted by Gasteiger charge is 2.08. The minimum atomic E-state index is -0.655. The second-order valence-corrected chi connectivity index (χ2v) is 3.95. The predicted molar refractivity (Wildman–Crippen MR) is 71.7 cm³/mol. The van der Waals surface area contributed by atoms with E-state index in [2.05, 4.69) is 5.16 Å². The molecule has 2 aromatic rings. The van der Waals surface area contributed by atoms with Crippen LogP contribution >= 0.6 is 0 Å². The van der Waals surface area contributed by atoms with Crippen LogP contribution in [0.1, 0.15) is 11.1 Å². The average molecular weight is 277 g/mol. The molecular weight excluding hydrogens is 264 g/mol. The molecular formula is C15H13F2NO2. The Bertz CT molecular complexity index is 594. The summed E-state index contributed by atoms with van der Waals surface area (Å²) in [4.78, 5) is 4.92. The van der Waals surface area contributed by atoms with E-state index in [-0.39, 0.29) is 12.2 Å². The largest absolute Gasteiger partial charge is 0.496 e. The van der Waals surface area contributed by atoms with Gasteiger partial charge in [-0.1, -0.05) is 23.4 Å². The Labute approximate surface area is 115 Å². The Morgan fingerprint density at radius 1 is 1.05 bits per heavy atom. The summed E-state index contributed by atoms with van der Waals surface area (Å²) in [6.45, 7) is -0.274. The summed E-state index contributed by atoms with van der Waals surface area (Å²) < 4.78 is 31.8. The number of para-hydroxylation sites is 1. The standard InChI is InChI=1S/C15H13F2NO2/c1-19-15-8-3-2-5-11(15)9-18-20-10-12-13(16)6-4-7-14(12)17/h2-9H,10H2,1H3. The summed E-state index contributed by atoms with van der Waals surface area (Å²) in [5.74, 6) is -0.674. The van der Waals surface area contributed by atoms with E-state index in [0.29, 0.717) is 11.3 Å². The summed E-state index contributed by atoms with van der Waals surface area (Å²) >= 11 is 0. The Balaban J connectivity index is 2.01. The lowest BCUT2D eigenvalue weighted by Crippen LogP contribution is -1.97. The van der Waals surface area contributed by atoms with Crippen LogP contribution in [0.2, 0.25) is 0 Å². The van der Waals surface area contributed by atoms with Crippen LogP contribution in [0.25, 0.3) is 0 Å². The van der Waals surface area contributed by atoms with Gasteiger partial charge in [0.1, 0.15) is 24.0 Å². The van der Waals surface area contributed by atoms with Gasteiger partial charge in [0.15, 0.2) is 0 Å². The minimum absolute atomic E-state index is 0.148.